The third-order valence-corrected chi connectivity index (χ3v) is 4.64. The predicted octanol–water partition coefficient (Wildman–Crippen LogP) is 4.82. The van der Waals surface area contributed by atoms with E-state index in [-0.39, 0.29) is 18.3 Å². The van der Waals surface area contributed by atoms with Crippen LogP contribution in [0.3, 0.4) is 0 Å². The fourth-order valence-corrected chi connectivity index (χ4v) is 3.19. The zero-order valence-corrected chi connectivity index (χ0v) is 15.8. The molecule has 5 heteroatoms. The fraction of sp³-hybridized carbons (Fsp3) is 0.0833. The van der Waals surface area contributed by atoms with Gasteiger partial charge in [-0.15, -0.1) is 0 Å². The lowest BCUT2D eigenvalue weighted by Gasteiger charge is -2.08. The number of halogens is 1. The molecule has 144 valence electrons. The summed E-state index contributed by atoms with van der Waals surface area (Å²) in [7, 11) is 0. The fourth-order valence-electron chi connectivity index (χ4n) is 3.19. The van der Waals surface area contributed by atoms with E-state index in [1.165, 1.54) is 24.3 Å². The highest BCUT2D eigenvalue weighted by Crippen LogP contribution is 2.17. The Labute approximate surface area is 168 Å². The van der Waals surface area contributed by atoms with E-state index >= 15 is 0 Å². The van der Waals surface area contributed by atoms with Crippen LogP contribution in [0.15, 0.2) is 84.9 Å². The molecule has 29 heavy (non-hydrogen) atoms. The van der Waals surface area contributed by atoms with Gasteiger partial charge in [-0.25, -0.2) is 9.37 Å². The average molecular weight is 385 g/mol. The number of para-hydroxylation sites is 2. The van der Waals surface area contributed by atoms with Crippen LogP contribution in [-0.4, -0.2) is 15.5 Å². The number of aromatic nitrogens is 2. The Morgan fingerprint density at radius 3 is 2.48 bits per heavy atom. The summed E-state index contributed by atoms with van der Waals surface area (Å²) < 4.78 is 15.1. The molecule has 3 aromatic carbocycles. The van der Waals surface area contributed by atoms with Crippen molar-refractivity contribution in [1.29, 1.82) is 0 Å². The zero-order valence-electron chi connectivity index (χ0n) is 15.8. The smallest absolute Gasteiger partial charge is 0.251 e. The van der Waals surface area contributed by atoms with Crippen LogP contribution in [0.4, 0.5) is 4.39 Å². The molecule has 1 amide bonds. The lowest BCUT2D eigenvalue weighted by Crippen LogP contribution is -2.24. The van der Waals surface area contributed by atoms with Gasteiger partial charge in [0.1, 0.15) is 11.6 Å². The lowest BCUT2D eigenvalue weighted by atomic mass is 10.2. The Hall–Kier alpha value is -3.73. The first-order valence-electron chi connectivity index (χ1n) is 9.40. The van der Waals surface area contributed by atoms with E-state index in [0.29, 0.717) is 12.1 Å². The van der Waals surface area contributed by atoms with E-state index in [2.05, 4.69) is 27.0 Å². The van der Waals surface area contributed by atoms with Crippen LogP contribution in [0.2, 0.25) is 0 Å². The molecule has 1 N–H and O–H groups in total. The largest absolute Gasteiger partial charge is 0.345 e. The molecule has 0 aliphatic rings. The number of hydrogen-bond donors (Lipinski definition) is 1. The molecule has 0 atom stereocenters. The van der Waals surface area contributed by atoms with Gasteiger partial charge in [-0.2, -0.15) is 0 Å². The number of fused-ring (bicyclic) bond motifs is 1. The Morgan fingerprint density at radius 2 is 1.69 bits per heavy atom. The topological polar surface area (TPSA) is 46.9 Å². The van der Waals surface area contributed by atoms with E-state index in [1.54, 1.807) is 0 Å². The van der Waals surface area contributed by atoms with Gasteiger partial charge in [-0.3, -0.25) is 4.79 Å². The van der Waals surface area contributed by atoms with Gasteiger partial charge in [0.25, 0.3) is 5.91 Å². The van der Waals surface area contributed by atoms with Crippen molar-refractivity contribution in [2.45, 2.75) is 13.1 Å². The van der Waals surface area contributed by atoms with Gasteiger partial charge >= 0.3 is 0 Å². The van der Waals surface area contributed by atoms with Gasteiger partial charge in [0.05, 0.1) is 17.6 Å². The van der Waals surface area contributed by atoms with Gasteiger partial charge in [-0.1, -0.05) is 54.6 Å². The van der Waals surface area contributed by atoms with E-state index in [9.17, 15) is 9.18 Å². The van der Waals surface area contributed by atoms with Crippen molar-refractivity contribution in [3.63, 3.8) is 0 Å². The Bertz CT molecular complexity index is 1150. The van der Waals surface area contributed by atoms with Crippen LogP contribution in [0.5, 0.6) is 0 Å². The highest BCUT2D eigenvalue weighted by atomic mass is 19.1. The number of nitrogens with zero attached hydrogens (tertiary/aromatic N) is 2. The Kier molecular flexibility index (Phi) is 5.47. The van der Waals surface area contributed by atoms with E-state index in [4.69, 9.17) is 0 Å². The average Bonchev–Trinajstić information content (AvgIpc) is 3.11. The van der Waals surface area contributed by atoms with E-state index in [1.807, 2.05) is 54.6 Å². The van der Waals surface area contributed by atoms with Crippen LogP contribution in [0.25, 0.3) is 17.1 Å². The van der Waals surface area contributed by atoms with Gasteiger partial charge in [-0.05, 0) is 42.0 Å². The maximum atomic E-state index is 13.1. The molecule has 0 saturated heterocycles. The summed E-state index contributed by atoms with van der Waals surface area (Å²) in [6, 6.07) is 23.5. The molecule has 0 aliphatic heterocycles. The number of hydrogen-bond acceptors (Lipinski definition) is 2. The van der Waals surface area contributed by atoms with Crippen molar-refractivity contribution in [2.75, 3.05) is 0 Å². The molecular formula is C24H20FN3O. The number of carbonyl (C=O) groups is 1. The van der Waals surface area contributed by atoms with Crippen LogP contribution in [0.1, 0.15) is 21.7 Å². The molecule has 0 saturated carbocycles. The first-order valence-corrected chi connectivity index (χ1v) is 9.40. The molecule has 4 nitrogen and oxygen atoms in total. The zero-order chi connectivity index (χ0) is 20.1. The highest BCUT2D eigenvalue weighted by Gasteiger charge is 2.11. The SMILES string of the molecule is O=C(NCc1nc2ccccc2n1C/C=C/c1ccccc1)c1ccc(F)cc1. The van der Waals surface area contributed by atoms with Crippen LogP contribution in [0, 0.1) is 5.82 Å². The van der Waals surface area contributed by atoms with Crippen molar-refractivity contribution >= 4 is 23.0 Å². The number of allylic oxidation sites excluding steroid dienone is 1. The summed E-state index contributed by atoms with van der Waals surface area (Å²) >= 11 is 0. The normalized spacial score (nSPS) is 11.2. The number of rotatable bonds is 6. The summed E-state index contributed by atoms with van der Waals surface area (Å²) in [5.41, 5.74) is 3.43. The molecule has 1 aromatic heterocycles. The molecule has 0 radical (unpaired) electrons. The van der Waals surface area contributed by atoms with Gasteiger partial charge in [0.2, 0.25) is 0 Å². The molecule has 4 aromatic rings. The molecule has 4 rings (SSSR count). The molecule has 1 heterocycles. The quantitative estimate of drug-likeness (QED) is 0.517. The summed E-state index contributed by atoms with van der Waals surface area (Å²) in [6.07, 6.45) is 4.14. The predicted molar refractivity (Wildman–Crippen MR) is 113 cm³/mol. The highest BCUT2D eigenvalue weighted by molar-refractivity contribution is 5.94. The molecule has 0 bridgehead atoms. The first kappa shape index (κ1) is 18.6. The van der Waals surface area contributed by atoms with Gasteiger partial charge in [0.15, 0.2) is 0 Å². The van der Waals surface area contributed by atoms with Crippen molar-refractivity contribution in [2.24, 2.45) is 0 Å². The van der Waals surface area contributed by atoms with Crippen molar-refractivity contribution < 1.29 is 9.18 Å². The lowest BCUT2D eigenvalue weighted by molar-refractivity contribution is 0.0949. The third-order valence-electron chi connectivity index (χ3n) is 4.64. The summed E-state index contributed by atoms with van der Waals surface area (Å²) in [4.78, 5) is 17.0. The minimum absolute atomic E-state index is 0.261. The first-order chi connectivity index (χ1) is 14.2. The van der Waals surface area contributed by atoms with Crippen LogP contribution in [-0.2, 0) is 13.1 Å². The Balaban J connectivity index is 1.53. The molecule has 0 unspecified atom stereocenters. The second-order valence-corrected chi connectivity index (χ2v) is 6.63. The molecular weight excluding hydrogens is 365 g/mol. The Morgan fingerprint density at radius 1 is 0.966 bits per heavy atom. The van der Waals surface area contributed by atoms with Crippen molar-refractivity contribution in [1.82, 2.24) is 14.9 Å². The van der Waals surface area contributed by atoms with Gasteiger partial charge < -0.3 is 9.88 Å². The second-order valence-electron chi connectivity index (χ2n) is 6.63. The molecule has 0 fully saturated rings. The van der Waals surface area contributed by atoms with Crippen molar-refractivity contribution in [3.05, 3.63) is 108 Å². The molecule has 0 spiro atoms. The van der Waals surface area contributed by atoms with Crippen LogP contribution >= 0.6 is 0 Å². The second kappa shape index (κ2) is 8.52. The molecule has 0 aliphatic carbocycles. The van der Waals surface area contributed by atoms with Gasteiger partial charge in [0, 0.05) is 12.1 Å². The minimum Gasteiger partial charge on any atom is -0.345 e. The number of nitrogens with one attached hydrogen (secondary N) is 1. The maximum Gasteiger partial charge on any atom is 0.251 e. The monoisotopic (exact) mass is 385 g/mol. The number of benzene rings is 3. The summed E-state index contributed by atoms with van der Waals surface area (Å²) in [5, 5.41) is 2.88. The number of imidazole rings is 1. The minimum atomic E-state index is -0.367. The standard InChI is InChI=1S/C24H20FN3O/c25-20-14-12-19(13-15-20)24(29)26-17-23-27-21-10-4-5-11-22(21)28(23)16-6-9-18-7-2-1-3-8-18/h1-15H,16-17H2,(H,26,29)/b9-6+. The van der Waals surface area contributed by atoms with Crippen molar-refractivity contribution in [3.8, 4) is 0 Å². The summed E-state index contributed by atoms with van der Waals surface area (Å²) in [6.45, 7) is 0.918. The van der Waals surface area contributed by atoms with Crippen LogP contribution < -0.4 is 5.32 Å². The third kappa shape index (κ3) is 4.41. The van der Waals surface area contributed by atoms with E-state index in [0.717, 1.165) is 22.4 Å². The summed E-state index contributed by atoms with van der Waals surface area (Å²) in [5.74, 6) is 0.136. The van der Waals surface area contributed by atoms with E-state index < -0.39 is 0 Å². The number of carbonyl (C=O) groups excluding carboxylic acids is 1. The maximum absolute atomic E-state index is 13.1. The number of amides is 1.